The summed E-state index contributed by atoms with van der Waals surface area (Å²) in [5, 5.41) is 4.57. The van der Waals surface area contributed by atoms with E-state index in [9.17, 15) is 0 Å². The third-order valence-electron chi connectivity index (χ3n) is 3.28. The lowest BCUT2D eigenvalue weighted by Gasteiger charge is -2.25. The number of thiazole rings is 1. The second-order valence-electron chi connectivity index (χ2n) is 4.70. The van der Waals surface area contributed by atoms with Crippen molar-refractivity contribution in [1.29, 1.82) is 0 Å². The van der Waals surface area contributed by atoms with Crippen LogP contribution < -0.4 is 10.1 Å². The maximum atomic E-state index is 5.53. The SMILES string of the molecule is CCOc1ccc2nc(CN3CCNCC3)sc2c1. The maximum Gasteiger partial charge on any atom is 0.120 e. The fraction of sp³-hybridized carbons (Fsp3) is 0.500. The van der Waals surface area contributed by atoms with Crippen LogP contribution in [0.5, 0.6) is 5.75 Å². The number of fused-ring (bicyclic) bond motifs is 1. The van der Waals surface area contributed by atoms with Crippen molar-refractivity contribution in [3.63, 3.8) is 0 Å². The van der Waals surface area contributed by atoms with Gasteiger partial charge < -0.3 is 10.1 Å². The largest absolute Gasteiger partial charge is 0.494 e. The van der Waals surface area contributed by atoms with Gasteiger partial charge >= 0.3 is 0 Å². The smallest absolute Gasteiger partial charge is 0.120 e. The van der Waals surface area contributed by atoms with E-state index < -0.39 is 0 Å². The Bertz CT molecular complexity index is 549. The van der Waals surface area contributed by atoms with Crippen molar-refractivity contribution in [1.82, 2.24) is 15.2 Å². The average molecular weight is 277 g/mol. The van der Waals surface area contributed by atoms with Crippen LogP contribution in [0.1, 0.15) is 11.9 Å². The Hall–Kier alpha value is -1.17. The molecule has 2 heterocycles. The highest BCUT2D eigenvalue weighted by atomic mass is 32.1. The van der Waals surface area contributed by atoms with Gasteiger partial charge in [0, 0.05) is 26.2 Å². The highest BCUT2D eigenvalue weighted by Gasteiger charge is 2.12. The number of aromatic nitrogens is 1. The Morgan fingerprint density at radius 3 is 3.00 bits per heavy atom. The van der Waals surface area contributed by atoms with Crippen molar-refractivity contribution >= 4 is 21.6 Å². The Kier molecular flexibility index (Phi) is 3.96. The van der Waals surface area contributed by atoms with E-state index in [1.165, 1.54) is 9.71 Å². The van der Waals surface area contributed by atoms with E-state index in [4.69, 9.17) is 9.72 Å². The molecule has 1 aromatic heterocycles. The summed E-state index contributed by atoms with van der Waals surface area (Å²) in [6.07, 6.45) is 0. The minimum atomic E-state index is 0.706. The number of hydrogen-bond donors (Lipinski definition) is 1. The number of rotatable bonds is 4. The molecular weight excluding hydrogens is 258 g/mol. The van der Waals surface area contributed by atoms with Crippen LogP contribution in [0.25, 0.3) is 10.2 Å². The molecule has 19 heavy (non-hydrogen) atoms. The lowest BCUT2D eigenvalue weighted by Crippen LogP contribution is -2.42. The summed E-state index contributed by atoms with van der Waals surface area (Å²) in [5.41, 5.74) is 1.08. The highest BCUT2D eigenvalue weighted by molar-refractivity contribution is 7.18. The molecule has 0 radical (unpaired) electrons. The number of hydrogen-bond acceptors (Lipinski definition) is 5. The van der Waals surface area contributed by atoms with Gasteiger partial charge in [-0.2, -0.15) is 0 Å². The van der Waals surface area contributed by atoms with E-state index in [0.29, 0.717) is 6.61 Å². The second-order valence-corrected chi connectivity index (χ2v) is 5.81. The molecule has 0 spiro atoms. The molecule has 0 atom stereocenters. The van der Waals surface area contributed by atoms with Crippen molar-refractivity contribution in [2.24, 2.45) is 0 Å². The molecule has 2 aromatic rings. The topological polar surface area (TPSA) is 37.4 Å². The molecule has 1 aliphatic rings. The first-order valence-corrected chi connectivity index (χ1v) is 7.62. The number of ether oxygens (including phenoxy) is 1. The van der Waals surface area contributed by atoms with Crippen LogP contribution in [0.3, 0.4) is 0 Å². The normalized spacial score (nSPS) is 16.9. The van der Waals surface area contributed by atoms with E-state index in [0.717, 1.165) is 44.0 Å². The lowest BCUT2D eigenvalue weighted by atomic mass is 10.3. The van der Waals surface area contributed by atoms with Crippen LogP contribution in [0.2, 0.25) is 0 Å². The predicted octanol–water partition coefficient (Wildman–Crippen LogP) is 2.10. The number of benzene rings is 1. The summed E-state index contributed by atoms with van der Waals surface area (Å²) in [4.78, 5) is 7.16. The van der Waals surface area contributed by atoms with Crippen LogP contribution in [0, 0.1) is 0 Å². The van der Waals surface area contributed by atoms with Gasteiger partial charge in [-0.05, 0) is 25.1 Å². The standard InChI is InChI=1S/C14H19N3OS/c1-2-18-11-3-4-12-13(9-11)19-14(16-12)10-17-7-5-15-6-8-17/h3-4,9,15H,2,5-8,10H2,1H3. The summed E-state index contributed by atoms with van der Waals surface area (Å²) in [6, 6.07) is 6.15. The van der Waals surface area contributed by atoms with E-state index in [-0.39, 0.29) is 0 Å². The van der Waals surface area contributed by atoms with Crippen LogP contribution in [0.15, 0.2) is 18.2 Å². The highest BCUT2D eigenvalue weighted by Crippen LogP contribution is 2.27. The van der Waals surface area contributed by atoms with Crippen molar-refractivity contribution in [3.8, 4) is 5.75 Å². The molecule has 1 aromatic carbocycles. The molecule has 4 nitrogen and oxygen atoms in total. The van der Waals surface area contributed by atoms with Crippen molar-refractivity contribution < 1.29 is 4.74 Å². The van der Waals surface area contributed by atoms with Crippen LogP contribution in [0.4, 0.5) is 0 Å². The summed E-state index contributed by atoms with van der Waals surface area (Å²) in [6.45, 7) is 8.06. The zero-order valence-corrected chi connectivity index (χ0v) is 12.0. The Labute approximate surface area is 117 Å². The van der Waals surface area contributed by atoms with Crippen LogP contribution in [-0.2, 0) is 6.54 Å². The summed E-state index contributed by atoms with van der Waals surface area (Å²) < 4.78 is 6.75. The van der Waals surface area contributed by atoms with Crippen molar-refractivity contribution in [2.45, 2.75) is 13.5 Å². The number of nitrogens with zero attached hydrogens (tertiary/aromatic N) is 2. The maximum absolute atomic E-state index is 5.53. The van der Waals surface area contributed by atoms with Gasteiger partial charge in [-0.25, -0.2) is 4.98 Å². The molecule has 0 aliphatic carbocycles. The summed E-state index contributed by atoms with van der Waals surface area (Å²) >= 11 is 1.78. The minimum Gasteiger partial charge on any atom is -0.494 e. The third-order valence-corrected chi connectivity index (χ3v) is 4.29. The predicted molar refractivity (Wildman–Crippen MR) is 78.9 cm³/mol. The van der Waals surface area contributed by atoms with Crippen molar-refractivity contribution in [3.05, 3.63) is 23.2 Å². The van der Waals surface area contributed by atoms with Crippen LogP contribution in [-0.4, -0.2) is 42.7 Å². The first-order valence-electron chi connectivity index (χ1n) is 6.80. The summed E-state index contributed by atoms with van der Waals surface area (Å²) in [7, 11) is 0. The molecule has 0 amide bonds. The van der Waals surface area contributed by atoms with Gasteiger partial charge in [-0.15, -0.1) is 11.3 Å². The van der Waals surface area contributed by atoms with Gasteiger partial charge in [0.1, 0.15) is 10.8 Å². The molecule has 0 saturated carbocycles. The number of nitrogens with one attached hydrogen (secondary N) is 1. The molecule has 0 unspecified atom stereocenters. The average Bonchev–Trinajstić information content (AvgIpc) is 2.82. The molecule has 102 valence electrons. The van der Waals surface area contributed by atoms with E-state index in [1.807, 2.05) is 13.0 Å². The molecular formula is C14H19N3OS. The van der Waals surface area contributed by atoms with Gasteiger partial charge in [-0.3, -0.25) is 4.90 Å². The first kappa shape index (κ1) is 12.8. The quantitative estimate of drug-likeness (QED) is 0.928. The van der Waals surface area contributed by atoms with Gasteiger partial charge in [0.2, 0.25) is 0 Å². The molecule has 1 saturated heterocycles. The second kappa shape index (κ2) is 5.86. The van der Waals surface area contributed by atoms with Gasteiger partial charge in [0.15, 0.2) is 0 Å². The van der Waals surface area contributed by atoms with Gasteiger partial charge in [0.25, 0.3) is 0 Å². The molecule has 1 N–H and O–H groups in total. The summed E-state index contributed by atoms with van der Waals surface area (Å²) in [5.74, 6) is 0.937. The zero-order chi connectivity index (χ0) is 13.1. The van der Waals surface area contributed by atoms with E-state index in [2.05, 4.69) is 22.3 Å². The lowest BCUT2D eigenvalue weighted by molar-refractivity contribution is 0.233. The van der Waals surface area contributed by atoms with E-state index >= 15 is 0 Å². The van der Waals surface area contributed by atoms with Gasteiger partial charge in [0.05, 0.1) is 23.4 Å². The van der Waals surface area contributed by atoms with Crippen molar-refractivity contribution in [2.75, 3.05) is 32.8 Å². The van der Waals surface area contributed by atoms with E-state index in [1.54, 1.807) is 11.3 Å². The Balaban J connectivity index is 1.76. The molecule has 1 aliphatic heterocycles. The van der Waals surface area contributed by atoms with Gasteiger partial charge in [-0.1, -0.05) is 0 Å². The molecule has 5 heteroatoms. The van der Waals surface area contributed by atoms with Crippen LogP contribution >= 0.6 is 11.3 Å². The fourth-order valence-electron chi connectivity index (χ4n) is 2.34. The molecule has 0 bridgehead atoms. The fourth-order valence-corrected chi connectivity index (χ4v) is 3.38. The Morgan fingerprint density at radius 2 is 2.21 bits per heavy atom. The zero-order valence-electron chi connectivity index (χ0n) is 11.2. The minimum absolute atomic E-state index is 0.706. The monoisotopic (exact) mass is 277 g/mol. The molecule has 3 rings (SSSR count). The first-order chi connectivity index (χ1) is 9.35. The Morgan fingerprint density at radius 1 is 1.37 bits per heavy atom. The molecule has 1 fully saturated rings. The third kappa shape index (κ3) is 3.05. The number of piperazine rings is 1.